The number of aromatic hydroxyl groups is 2. The Balaban J connectivity index is 0.00000593. The zero-order valence-electron chi connectivity index (χ0n) is 37.6. The SMILES string of the molecule is CC(=O)Oc1ccc2ccccc2c1-c1c(O)c(C=NC(c2ccccc2)C(N=Cc2cc3ccccc3c(-c3c(OC(C)=O)ccc4ccccc34)c2O)c2ccccc2)cc2ccccc12.[Mn]. The summed E-state index contributed by atoms with van der Waals surface area (Å²) >= 11 is 0. The molecule has 0 saturated heterocycles. The van der Waals surface area contributed by atoms with E-state index in [9.17, 15) is 19.8 Å². The molecule has 2 unspecified atom stereocenters. The van der Waals surface area contributed by atoms with Gasteiger partial charge in [0.15, 0.2) is 0 Å². The largest absolute Gasteiger partial charge is 0.507 e. The summed E-state index contributed by atoms with van der Waals surface area (Å²) in [4.78, 5) is 35.6. The quantitative estimate of drug-likeness (QED) is 0.0577. The number of rotatable bonds is 11. The molecule has 1 radical (unpaired) electrons. The van der Waals surface area contributed by atoms with Crippen molar-refractivity contribution >= 4 is 67.5 Å². The fraction of sp³-hybridized carbons (Fsp3) is 0.0667. The third-order valence-corrected chi connectivity index (χ3v) is 12.2. The first-order valence-electron chi connectivity index (χ1n) is 22.3. The summed E-state index contributed by atoms with van der Waals surface area (Å²) in [5.74, 6) is -0.355. The van der Waals surface area contributed by atoms with Crippen LogP contribution < -0.4 is 9.47 Å². The number of benzene rings is 10. The van der Waals surface area contributed by atoms with Crippen LogP contribution in [0.15, 0.2) is 204 Å². The Morgan fingerprint density at radius 2 is 0.739 bits per heavy atom. The molecule has 2 atom stereocenters. The Hall–Kier alpha value is -8.36. The van der Waals surface area contributed by atoms with Crippen molar-refractivity contribution in [2.24, 2.45) is 9.98 Å². The molecule has 0 spiro atoms. The van der Waals surface area contributed by atoms with Crippen LogP contribution in [0, 0.1) is 0 Å². The molecular weight excluding hydrogens is 900 g/mol. The zero-order valence-corrected chi connectivity index (χ0v) is 38.8. The van der Waals surface area contributed by atoms with Crippen LogP contribution in [0.25, 0.3) is 65.3 Å². The maximum atomic E-state index is 12.5. The molecule has 0 aromatic heterocycles. The number of phenols is 2. The first-order valence-corrected chi connectivity index (χ1v) is 22.3. The topological polar surface area (TPSA) is 118 Å². The minimum atomic E-state index is -0.631. The molecule has 0 bridgehead atoms. The molecule has 0 amide bonds. The molecule has 0 saturated carbocycles. The van der Waals surface area contributed by atoms with Crippen molar-refractivity contribution in [3.8, 4) is 45.3 Å². The van der Waals surface area contributed by atoms with Gasteiger partial charge in [-0.3, -0.25) is 19.6 Å². The van der Waals surface area contributed by atoms with E-state index in [1.54, 1.807) is 24.6 Å². The second-order valence-corrected chi connectivity index (χ2v) is 16.6. The van der Waals surface area contributed by atoms with Gasteiger partial charge in [-0.15, -0.1) is 0 Å². The van der Waals surface area contributed by atoms with E-state index in [0.717, 1.165) is 54.2 Å². The maximum absolute atomic E-state index is 12.5. The van der Waals surface area contributed by atoms with Crippen molar-refractivity contribution in [3.63, 3.8) is 0 Å². The van der Waals surface area contributed by atoms with E-state index in [-0.39, 0.29) is 28.6 Å². The average molecular weight is 944 g/mol. The van der Waals surface area contributed by atoms with Crippen molar-refractivity contribution in [1.82, 2.24) is 0 Å². The summed E-state index contributed by atoms with van der Waals surface area (Å²) in [6, 6.07) is 60.8. The fourth-order valence-electron chi connectivity index (χ4n) is 9.24. The molecule has 10 aromatic rings. The van der Waals surface area contributed by atoms with Gasteiger partial charge in [-0.1, -0.05) is 170 Å². The number of ether oxygens (including phenoxy) is 2. The Morgan fingerprint density at radius 1 is 0.420 bits per heavy atom. The Kier molecular flexibility index (Phi) is 13.2. The van der Waals surface area contributed by atoms with Crippen molar-refractivity contribution < 1.29 is 46.3 Å². The molecule has 10 rings (SSSR count). The molecule has 0 aliphatic carbocycles. The third-order valence-electron chi connectivity index (χ3n) is 12.2. The summed E-state index contributed by atoms with van der Waals surface area (Å²) in [6.07, 6.45) is 3.38. The smallest absolute Gasteiger partial charge is 0.308 e. The van der Waals surface area contributed by atoms with Crippen LogP contribution in [-0.2, 0) is 26.7 Å². The monoisotopic (exact) mass is 943 g/mol. The van der Waals surface area contributed by atoms with E-state index in [1.807, 2.05) is 182 Å². The molecule has 2 N–H and O–H groups in total. The molecule has 8 nitrogen and oxygen atoms in total. The van der Waals surface area contributed by atoms with E-state index in [0.29, 0.717) is 44.9 Å². The van der Waals surface area contributed by atoms with Crippen LogP contribution in [-0.4, -0.2) is 34.6 Å². The van der Waals surface area contributed by atoms with Gasteiger partial charge in [-0.05, 0) is 78.5 Å². The first-order chi connectivity index (χ1) is 33.2. The van der Waals surface area contributed by atoms with Crippen LogP contribution >= 0.6 is 0 Å². The van der Waals surface area contributed by atoms with Gasteiger partial charge >= 0.3 is 11.9 Å². The van der Waals surface area contributed by atoms with Gasteiger partial charge in [0.25, 0.3) is 0 Å². The van der Waals surface area contributed by atoms with Crippen molar-refractivity contribution in [2.75, 3.05) is 0 Å². The van der Waals surface area contributed by atoms with E-state index in [1.165, 1.54) is 13.8 Å². The van der Waals surface area contributed by atoms with Crippen molar-refractivity contribution in [1.29, 1.82) is 0 Å². The molecular formula is C60H44MnN2O6. The number of carbonyl (C=O) groups excluding carboxylic acids is 2. The number of hydrogen-bond acceptors (Lipinski definition) is 8. The van der Waals surface area contributed by atoms with Gasteiger partial charge in [0.2, 0.25) is 0 Å². The number of hydrogen-bond donors (Lipinski definition) is 2. The van der Waals surface area contributed by atoms with E-state index < -0.39 is 24.0 Å². The number of fused-ring (bicyclic) bond motifs is 4. The summed E-state index contributed by atoms with van der Waals surface area (Å²) in [5.41, 5.74) is 4.84. The standard InChI is InChI=1S/C60H44N2O6.Mn/c1-37(63)67-51-31-29-39-17-9-13-25-47(39)53(51)55-49-27-15-11-23-43(49)33-45(59(55)65)35-61-57(41-19-5-3-6-20-41)58(42-21-7-4-8-22-42)62-36-46-34-44-24-12-16-28-50(44)56(60(46)66)54-48-26-14-10-18-40(48)30-32-52(54)68-38(2)64;/h3-36,57-58,65-66H,1-2H3;. The Bertz CT molecular complexity index is 3390. The number of phenolic OH excluding ortho intramolecular Hbond substituents is 2. The number of aliphatic imine (C=N–C) groups is 2. The Labute approximate surface area is 409 Å². The summed E-state index contributed by atoms with van der Waals surface area (Å²) in [5, 5.41) is 31.7. The van der Waals surface area contributed by atoms with Gasteiger partial charge in [0.05, 0.1) is 0 Å². The molecule has 0 aliphatic rings. The number of esters is 2. The normalized spacial score (nSPS) is 12.4. The minimum absolute atomic E-state index is 0. The molecule has 0 fully saturated rings. The predicted molar refractivity (Wildman–Crippen MR) is 273 cm³/mol. The van der Waals surface area contributed by atoms with Crippen LogP contribution in [0.5, 0.6) is 23.0 Å². The van der Waals surface area contributed by atoms with Gasteiger partial charge in [-0.2, -0.15) is 0 Å². The third kappa shape index (κ3) is 9.09. The molecule has 9 heteroatoms. The second kappa shape index (κ2) is 19.9. The fourth-order valence-corrected chi connectivity index (χ4v) is 9.24. The molecule has 69 heavy (non-hydrogen) atoms. The van der Waals surface area contributed by atoms with Crippen molar-refractivity contribution in [2.45, 2.75) is 25.9 Å². The maximum Gasteiger partial charge on any atom is 0.308 e. The molecule has 10 aromatic carbocycles. The van der Waals surface area contributed by atoms with Gasteiger partial charge in [-0.25, -0.2) is 0 Å². The number of nitrogens with zero attached hydrogens (tertiary/aromatic N) is 2. The minimum Gasteiger partial charge on any atom is -0.507 e. The van der Waals surface area contributed by atoms with E-state index in [2.05, 4.69) is 0 Å². The summed E-state index contributed by atoms with van der Waals surface area (Å²) in [7, 11) is 0. The first kappa shape index (κ1) is 45.8. The van der Waals surface area contributed by atoms with Gasteiger partial charge in [0, 0.05) is 76.7 Å². The molecule has 0 aliphatic heterocycles. The number of carbonyl (C=O) groups is 2. The average Bonchev–Trinajstić information content (AvgIpc) is 3.36. The summed E-state index contributed by atoms with van der Waals surface area (Å²) in [6.45, 7) is 2.73. The van der Waals surface area contributed by atoms with Crippen LogP contribution in [0.2, 0.25) is 0 Å². The molecule has 0 heterocycles. The predicted octanol–water partition coefficient (Wildman–Crippen LogP) is 13.9. The van der Waals surface area contributed by atoms with E-state index >= 15 is 0 Å². The molecule has 337 valence electrons. The van der Waals surface area contributed by atoms with E-state index in [4.69, 9.17) is 19.5 Å². The van der Waals surface area contributed by atoms with Crippen LogP contribution in [0.3, 0.4) is 0 Å². The second-order valence-electron chi connectivity index (χ2n) is 16.6. The summed E-state index contributed by atoms with van der Waals surface area (Å²) < 4.78 is 11.6. The van der Waals surface area contributed by atoms with Gasteiger partial charge < -0.3 is 19.7 Å². The zero-order chi connectivity index (χ0) is 46.7. The van der Waals surface area contributed by atoms with Crippen molar-refractivity contribution in [3.05, 3.63) is 216 Å². The van der Waals surface area contributed by atoms with Crippen LogP contribution in [0.1, 0.15) is 48.2 Å². The Morgan fingerprint density at radius 3 is 1.10 bits per heavy atom. The van der Waals surface area contributed by atoms with Crippen LogP contribution in [0.4, 0.5) is 0 Å². The van der Waals surface area contributed by atoms with Gasteiger partial charge in [0.1, 0.15) is 35.1 Å².